The molecule has 3 heteroatoms. The van der Waals surface area contributed by atoms with Crippen LogP contribution < -0.4 is 0 Å². The fourth-order valence-electron chi connectivity index (χ4n) is 2.64. The van der Waals surface area contributed by atoms with Gasteiger partial charge in [0.25, 0.3) is 0 Å². The molecule has 2 aromatic carbocycles. The third-order valence-electron chi connectivity index (χ3n) is 3.83. The van der Waals surface area contributed by atoms with Gasteiger partial charge in [0.15, 0.2) is 5.82 Å². The van der Waals surface area contributed by atoms with Crippen LogP contribution in [0, 0.1) is 13.8 Å². The minimum atomic E-state index is 0.521. The van der Waals surface area contributed by atoms with Crippen LogP contribution in [0.5, 0.6) is 0 Å². The van der Waals surface area contributed by atoms with Crippen molar-refractivity contribution in [1.29, 1.82) is 0 Å². The third kappa shape index (κ3) is 2.52. The summed E-state index contributed by atoms with van der Waals surface area (Å²) in [6.07, 6.45) is 0.977. The van der Waals surface area contributed by atoms with E-state index in [0.717, 1.165) is 34.0 Å². The van der Waals surface area contributed by atoms with E-state index in [2.05, 4.69) is 50.0 Å². The van der Waals surface area contributed by atoms with Crippen molar-refractivity contribution in [2.24, 2.45) is 0 Å². The van der Waals surface area contributed by atoms with Gasteiger partial charge in [-0.3, -0.25) is 0 Å². The van der Waals surface area contributed by atoms with E-state index in [4.69, 9.17) is 16.6 Å². The van der Waals surface area contributed by atoms with E-state index >= 15 is 0 Å². The van der Waals surface area contributed by atoms with Crippen molar-refractivity contribution in [2.75, 3.05) is 0 Å². The van der Waals surface area contributed by atoms with Gasteiger partial charge < -0.3 is 0 Å². The smallest absolute Gasteiger partial charge is 0.162 e. The molecule has 0 amide bonds. The lowest BCUT2D eigenvalue weighted by molar-refractivity contribution is 1.14. The summed E-state index contributed by atoms with van der Waals surface area (Å²) in [5.41, 5.74) is 5.53. The standard InChI is InChI=1S/C18H17ClN2/c1-4-13-8-9-15-14(10-13)17(19)21-18(20-15)16-11(2)6-5-7-12(16)3/h5-10H,4H2,1-3H3. The molecule has 0 atom stereocenters. The van der Waals surface area contributed by atoms with E-state index in [1.807, 2.05) is 12.1 Å². The maximum Gasteiger partial charge on any atom is 0.162 e. The average molecular weight is 297 g/mol. The Morgan fingerprint density at radius 2 is 1.71 bits per heavy atom. The largest absolute Gasteiger partial charge is 0.228 e. The normalized spacial score (nSPS) is 11.0. The van der Waals surface area contributed by atoms with Crippen molar-refractivity contribution < 1.29 is 0 Å². The molecular weight excluding hydrogens is 280 g/mol. The first-order valence-electron chi connectivity index (χ1n) is 7.13. The van der Waals surface area contributed by atoms with Gasteiger partial charge >= 0.3 is 0 Å². The molecule has 0 saturated carbocycles. The van der Waals surface area contributed by atoms with Crippen LogP contribution in [0.1, 0.15) is 23.6 Å². The number of hydrogen-bond acceptors (Lipinski definition) is 2. The molecule has 0 aliphatic carbocycles. The van der Waals surface area contributed by atoms with Crippen LogP contribution in [0.4, 0.5) is 0 Å². The number of fused-ring (bicyclic) bond motifs is 1. The lowest BCUT2D eigenvalue weighted by Gasteiger charge is -2.10. The topological polar surface area (TPSA) is 25.8 Å². The minimum absolute atomic E-state index is 0.521. The third-order valence-corrected chi connectivity index (χ3v) is 4.11. The van der Waals surface area contributed by atoms with Gasteiger partial charge in [0.1, 0.15) is 5.15 Å². The number of aromatic nitrogens is 2. The Balaban J connectivity index is 2.26. The monoisotopic (exact) mass is 296 g/mol. The number of benzene rings is 2. The van der Waals surface area contributed by atoms with Crippen molar-refractivity contribution in [3.63, 3.8) is 0 Å². The van der Waals surface area contributed by atoms with Gasteiger partial charge in [-0.25, -0.2) is 9.97 Å². The summed E-state index contributed by atoms with van der Waals surface area (Å²) in [4.78, 5) is 9.23. The Bertz CT molecular complexity index is 805. The lowest BCUT2D eigenvalue weighted by Crippen LogP contribution is -1.96. The molecule has 106 valence electrons. The fourth-order valence-corrected chi connectivity index (χ4v) is 2.87. The molecule has 2 nitrogen and oxygen atoms in total. The summed E-state index contributed by atoms with van der Waals surface area (Å²) >= 11 is 6.39. The van der Waals surface area contributed by atoms with Crippen LogP contribution in [-0.4, -0.2) is 9.97 Å². The lowest BCUT2D eigenvalue weighted by atomic mass is 10.0. The summed E-state index contributed by atoms with van der Waals surface area (Å²) in [6, 6.07) is 12.4. The summed E-state index contributed by atoms with van der Waals surface area (Å²) in [5.74, 6) is 0.701. The van der Waals surface area contributed by atoms with Crippen LogP contribution in [-0.2, 0) is 6.42 Å². The molecule has 0 unspecified atom stereocenters. The first-order valence-corrected chi connectivity index (χ1v) is 7.50. The first kappa shape index (κ1) is 14.0. The van der Waals surface area contributed by atoms with Crippen molar-refractivity contribution in [1.82, 2.24) is 9.97 Å². The number of hydrogen-bond donors (Lipinski definition) is 0. The second-order valence-corrected chi connectivity index (χ2v) is 5.67. The van der Waals surface area contributed by atoms with Crippen molar-refractivity contribution in [2.45, 2.75) is 27.2 Å². The Kier molecular flexibility index (Phi) is 3.64. The van der Waals surface area contributed by atoms with Crippen LogP contribution in [0.3, 0.4) is 0 Å². The fraction of sp³-hybridized carbons (Fsp3) is 0.222. The Morgan fingerprint density at radius 1 is 1.00 bits per heavy atom. The highest BCUT2D eigenvalue weighted by atomic mass is 35.5. The molecular formula is C18H17ClN2. The summed E-state index contributed by atoms with van der Waals surface area (Å²) in [7, 11) is 0. The molecule has 0 N–H and O–H groups in total. The van der Waals surface area contributed by atoms with Crippen molar-refractivity contribution >= 4 is 22.5 Å². The van der Waals surface area contributed by atoms with Gasteiger partial charge in [0.05, 0.1) is 5.52 Å². The highest BCUT2D eigenvalue weighted by molar-refractivity contribution is 6.34. The van der Waals surface area contributed by atoms with Crippen LogP contribution >= 0.6 is 11.6 Å². The molecule has 0 radical (unpaired) electrons. The molecule has 0 aliphatic heterocycles. The second kappa shape index (κ2) is 5.45. The first-order chi connectivity index (χ1) is 10.1. The van der Waals surface area contributed by atoms with Crippen LogP contribution in [0.15, 0.2) is 36.4 Å². The maximum absolute atomic E-state index is 6.39. The quantitative estimate of drug-likeness (QED) is 0.613. The predicted octanol–water partition coefficient (Wildman–Crippen LogP) is 5.13. The van der Waals surface area contributed by atoms with Crippen LogP contribution in [0.2, 0.25) is 5.15 Å². The van der Waals surface area contributed by atoms with E-state index in [0.29, 0.717) is 11.0 Å². The summed E-state index contributed by atoms with van der Waals surface area (Å²) in [5, 5.41) is 1.44. The van der Waals surface area contributed by atoms with Gasteiger partial charge in [0.2, 0.25) is 0 Å². The van der Waals surface area contributed by atoms with E-state index < -0.39 is 0 Å². The SMILES string of the molecule is CCc1ccc2nc(-c3c(C)cccc3C)nc(Cl)c2c1. The van der Waals surface area contributed by atoms with Gasteiger partial charge in [-0.15, -0.1) is 0 Å². The molecule has 0 aliphatic rings. The Hall–Kier alpha value is -1.93. The number of rotatable bonds is 2. The van der Waals surface area contributed by atoms with Gasteiger partial charge in [-0.1, -0.05) is 42.8 Å². The van der Waals surface area contributed by atoms with Crippen molar-refractivity contribution in [3.05, 3.63) is 58.2 Å². The van der Waals surface area contributed by atoms with E-state index in [1.54, 1.807) is 0 Å². The van der Waals surface area contributed by atoms with E-state index in [-0.39, 0.29) is 0 Å². The second-order valence-electron chi connectivity index (χ2n) is 5.31. The highest BCUT2D eigenvalue weighted by Crippen LogP contribution is 2.29. The maximum atomic E-state index is 6.39. The molecule has 0 saturated heterocycles. The Morgan fingerprint density at radius 3 is 2.38 bits per heavy atom. The van der Waals surface area contributed by atoms with Gasteiger partial charge in [-0.2, -0.15) is 0 Å². The predicted molar refractivity (Wildman–Crippen MR) is 88.8 cm³/mol. The van der Waals surface area contributed by atoms with Gasteiger partial charge in [0, 0.05) is 10.9 Å². The molecule has 0 bridgehead atoms. The molecule has 0 spiro atoms. The number of nitrogens with zero attached hydrogens (tertiary/aromatic N) is 2. The average Bonchev–Trinajstić information content (AvgIpc) is 2.47. The zero-order chi connectivity index (χ0) is 15.0. The molecule has 3 rings (SSSR count). The molecule has 1 heterocycles. The van der Waals surface area contributed by atoms with Gasteiger partial charge in [-0.05, 0) is 49.1 Å². The summed E-state index contributed by atoms with van der Waals surface area (Å²) < 4.78 is 0. The highest BCUT2D eigenvalue weighted by Gasteiger charge is 2.12. The summed E-state index contributed by atoms with van der Waals surface area (Å²) in [6.45, 7) is 6.27. The number of halogens is 1. The number of aryl methyl sites for hydroxylation is 3. The van der Waals surface area contributed by atoms with Crippen LogP contribution in [0.25, 0.3) is 22.3 Å². The van der Waals surface area contributed by atoms with E-state index in [9.17, 15) is 0 Å². The van der Waals surface area contributed by atoms with E-state index in [1.165, 1.54) is 5.56 Å². The molecule has 1 aromatic heterocycles. The molecule has 21 heavy (non-hydrogen) atoms. The minimum Gasteiger partial charge on any atom is -0.228 e. The molecule has 3 aromatic rings. The Labute approximate surface area is 129 Å². The van der Waals surface area contributed by atoms with Crippen molar-refractivity contribution in [3.8, 4) is 11.4 Å². The zero-order valence-electron chi connectivity index (χ0n) is 12.4. The molecule has 0 fully saturated rings. The zero-order valence-corrected chi connectivity index (χ0v) is 13.2.